The zero-order chi connectivity index (χ0) is 22.2. The first-order valence-electron chi connectivity index (χ1n) is 11.7. The molecule has 148 valence electrons. The first kappa shape index (κ1) is 15.6. The zero-order valence-electron chi connectivity index (χ0n) is 19.9. The zero-order valence-corrected chi connectivity index (χ0v) is 16.9. The van der Waals surface area contributed by atoms with Crippen molar-refractivity contribution in [3.8, 4) is 5.69 Å². The Morgan fingerprint density at radius 3 is 2.75 bits per heavy atom. The average Bonchev–Trinajstić information content (AvgIpc) is 3.41. The lowest BCUT2D eigenvalue weighted by molar-refractivity contribution is 0.254. The standard InChI is InChI=1S/C23H31N5/c1-16(2)19-10-12-20(13-11-19)22(27-14-5-6-15-27)23-24-25-26-28(23)21-17(3)8-7-9-18(21)4/h7-9,12,19,22H,1,5-6,10-11,13-15H2,2-4H3/t19-,22?/m1/s1/i3D3. The summed E-state index contributed by atoms with van der Waals surface area (Å²) in [4.78, 5) is 2.45. The van der Waals surface area contributed by atoms with E-state index < -0.39 is 6.85 Å². The maximum absolute atomic E-state index is 8.04. The van der Waals surface area contributed by atoms with E-state index in [0.717, 1.165) is 50.8 Å². The first-order chi connectivity index (χ1) is 14.8. The van der Waals surface area contributed by atoms with Crippen LogP contribution in [0, 0.1) is 19.7 Å². The number of aromatic nitrogens is 4. The fraction of sp³-hybridized carbons (Fsp3) is 0.522. The van der Waals surface area contributed by atoms with E-state index in [4.69, 9.17) is 4.11 Å². The lowest BCUT2D eigenvalue weighted by Gasteiger charge is -2.32. The summed E-state index contributed by atoms with van der Waals surface area (Å²) in [7, 11) is 0. The third kappa shape index (κ3) is 3.55. The van der Waals surface area contributed by atoms with Crippen LogP contribution in [0.5, 0.6) is 0 Å². The third-order valence-corrected chi connectivity index (χ3v) is 6.19. The summed E-state index contributed by atoms with van der Waals surface area (Å²) >= 11 is 0. The summed E-state index contributed by atoms with van der Waals surface area (Å²) in [5.74, 6) is 1.24. The van der Waals surface area contributed by atoms with Crippen molar-refractivity contribution >= 4 is 0 Å². The minimum absolute atomic E-state index is 0.0346. The molecule has 0 amide bonds. The number of nitrogens with zero attached hydrogens (tertiary/aromatic N) is 5. The van der Waals surface area contributed by atoms with E-state index in [1.807, 2.05) is 13.0 Å². The Balaban J connectivity index is 1.81. The van der Waals surface area contributed by atoms with Crippen molar-refractivity contribution < 1.29 is 4.11 Å². The van der Waals surface area contributed by atoms with Gasteiger partial charge in [-0.25, -0.2) is 0 Å². The average molecular weight is 381 g/mol. The number of aryl methyl sites for hydroxylation is 2. The number of hydrogen-bond acceptors (Lipinski definition) is 4. The Bertz CT molecular complexity index is 985. The maximum Gasteiger partial charge on any atom is 0.177 e. The number of allylic oxidation sites excluding steroid dienone is 2. The highest BCUT2D eigenvalue weighted by molar-refractivity contribution is 5.47. The molecular weight excluding hydrogens is 346 g/mol. The molecule has 5 heteroatoms. The van der Waals surface area contributed by atoms with Crippen molar-refractivity contribution in [2.75, 3.05) is 13.1 Å². The minimum atomic E-state index is -2.24. The summed E-state index contributed by atoms with van der Waals surface area (Å²) < 4.78 is 25.8. The molecule has 0 N–H and O–H groups in total. The quantitative estimate of drug-likeness (QED) is 0.704. The second kappa shape index (κ2) is 8.00. The lowest BCUT2D eigenvalue weighted by Crippen LogP contribution is -2.31. The van der Waals surface area contributed by atoms with Crippen molar-refractivity contribution in [2.45, 2.75) is 58.8 Å². The van der Waals surface area contributed by atoms with Crippen LogP contribution >= 0.6 is 0 Å². The van der Waals surface area contributed by atoms with Crippen LogP contribution in [0.4, 0.5) is 0 Å². The molecule has 0 bridgehead atoms. The van der Waals surface area contributed by atoms with E-state index in [1.54, 1.807) is 16.8 Å². The Morgan fingerprint density at radius 1 is 1.29 bits per heavy atom. The molecule has 2 atom stereocenters. The Morgan fingerprint density at radius 2 is 2.07 bits per heavy atom. The first-order valence-corrected chi connectivity index (χ1v) is 10.2. The Kier molecular flexibility index (Phi) is 4.46. The molecular formula is C23H31N5. The van der Waals surface area contributed by atoms with Gasteiger partial charge >= 0.3 is 0 Å². The van der Waals surface area contributed by atoms with Crippen molar-refractivity contribution in [3.05, 3.63) is 59.0 Å². The number of likely N-dealkylation sites (tertiary alicyclic amines) is 1. The molecule has 1 aromatic carbocycles. The summed E-state index contributed by atoms with van der Waals surface area (Å²) in [6.07, 6.45) is 7.70. The van der Waals surface area contributed by atoms with Gasteiger partial charge in [-0.15, -0.1) is 5.10 Å². The van der Waals surface area contributed by atoms with Crippen molar-refractivity contribution in [3.63, 3.8) is 0 Å². The predicted molar refractivity (Wildman–Crippen MR) is 112 cm³/mol. The second-order valence-electron chi connectivity index (χ2n) is 8.16. The molecule has 28 heavy (non-hydrogen) atoms. The number of benzene rings is 1. The van der Waals surface area contributed by atoms with Gasteiger partial charge in [0.25, 0.3) is 0 Å². The summed E-state index contributed by atoms with van der Waals surface area (Å²) in [6, 6.07) is 5.32. The number of para-hydroxylation sites is 1. The fourth-order valence-corrected chi connectivity index (χ4v) is 4.58. The van der Waals surface area contributed by atoms with Gasteiger partial charge in [0.1, 0.15) is 0 Å². The molecule has 2 heterocycles. The van der Waals surface area contributed by atoms with Gasteiger partial charge in [-0.3, -0.25) is 4.90 Å². The predicted octanol–water partition coefficient (Wildman–Crippen LogP) is 4.72. The smallest absolute Gasteiger partial charge is 0.177 e. The van der Waals surface area contributed by atoms with Crippen LogP contribution in [-0.2, 0) is 0 Å². The van der Waals surface area contributed by atoms with Gasteiger partial charge in [0.15, 0.2) is 5.82 Å². The molecule has 0 spiro atoms. The van der Waals surface area contributed by atoms with E-state index >= 15 is 0 Å². The van der Waals surface area contributed by atoms with Crippen LogP contribution in [-0.4, -0.2) is 38.2 Å². The molecule has 1 fully saturated rings. The Labute approximate surface area is 172 Å². The second-order valence-corrected chi connectivity index (χ2v) is 8.16. The van der Waals surface area contributed by atoms with Gasteiger partial charge < -0.3 is 0 Å². The van der Waals surface area contributed by atoms with Crippen LogP contribution in [0.1, 0.15) is 66.1 Å². The number of tetrazole rings is 1. The van der Waals surface area contributed by atoms with E-state index in [1.165, 1.54) is 11.1 Å². The molecule has 1 aliphatic carbocycles. The van der Waals surface area contributed by atoms with Crippen LogP contribution in [0.2, 0.25) is 0 Å². The maximum atomic E-state index is 8.04. The Hall–Kier alpha value is -2.27. The van der Waals surface area contributed by atoms with Gasteiger partial charge in [0.05, 0.1) is 11.7 Å². The highest BCUT2D eigenvalue weighted by Crippen LogP contribution is 2.39. The summed E-state index contributed by atoms with van der Waals surface area (Å²) in [5.41, 5.74) is 4.27. The highest BCUT2D eigenvalue weighted by Gasteiger charge is 2.33. The molecule has 1 aliphatic heterocycles. The number of hydrogen-bond donors (Lipinski definition) is 0. The topological polar surface area (TPSA) is 46.8 Å². The SMILES string of the molecule is [2H]C([2H])([2H])c1cccc(C)c1-n1nnnc1C(C1=CC[C@@H](C(=C)C)CC1)N1CCCC1. The molecule has 1 unspecified atom stereocenters. The third-order valence-electron chi connectivity index (χ3n) is 6.19. The van der Waals surface area contributed by atoms with Gasteiger partial charge in [0, 0.05) is 4.11 Å². The van der Waals surface area contributed by atoms with E-state index in [-0.39, 0.29) is 11.6 Å². The van der Waals surface area contributed by atoms with Crippen LogP contribution < -0.4 is 0 Å². The molecule has 1 saturated heterocycles. The van der Waals surface area contributed by atoms with Crippen LogP contribution in [0.3, 0.4) is 0 Å². The van der Waals surface area contributed by atoms with Crippen LogP contribution in [0.25, 0.3) is 5.69 Å². The van der Waals surface area contributed by atoms with Gasteiger partial charge in [-0.05, 0) is 98.9 Å². The van der Waals surface area contributed by atoms with Crippen molar-refractivity contribution in [1.29, 1.82) is 0 Å². The molecule has 0 saturated carbocycles. The van der Waals surface area contributed by atoms with Crippen LogP contribution in [0.15, 0.2) is 42.0 Å². The minimum Gasteiger partial charge on any atom is -0.290 e. The molecule has 4 rings (SSSR count). The monoisotopic (exact) mass is 380 g/mol. The van der Waals surface area contributed by atoms with Gasteiger partial charge in [-0.1, -0.05) is 36.4 Å². The van der Waals surface area contributed by atoms with Gasteiger partial charge in [-0.2, -0.15) is 4.68 Å². The van der Waals surface area contributed by atoms with Crippen molar-refractivity contribution in [1.82, 2.24) is 25.1 Å². The summed E-state index contributed by atoms with van der Waals surface area (Å²) in [5, 5.41) is 12.7. The fourth-order valence-electron chi connectivity index (χ4n) is 4.58. The van der Waals surface area contributed by atoms with E-state index in [0.29, 0.717) is 17.4 Å². The highest BCUT2D eigenvalue weighted by atomic mass is 15.6. The van der Waals surface area contributed by atoms with E-state index in [9.17, 15) is 0 Å². The largest absolute Gasteiger partial charge is 0.290 e. The normalized spacial score (nSPS) is 23.6. The molecule has 1 aromatic heterocycles. The van der Waals surface area contributed by atoms with Gasteiger partial charge in [0.2, 0.25) is 0 Å². The molecule has 2 aromatic rings. The molecule has 0 radical (unpaired) electrons. The summed E-state index contributed by atoms with van der Waals surface area (Å²) in [6.45, 7) is 7.92. The number of rotatable bonds is 5. The van der Waals surface area contributed by atoms with Crippen molar-refractivity contribution in [2.24, 2.45) is 5.92 Å². The van der Waals surface area contributed by atoms with E-state index in [2.05, 4.69) is 40.0 Å². The lowest BCUT2D eigenvalue weighted by atomic mass is 9.83. The molecule has 5 nitrogen and oxygen atoms in total. The molecule has 2 aliphatic rings.